The van der Waals surface area contributed by atoms with E-state index >= 15 is 0 Å². The number of rotatable bonds is 5. The fourth-order valence-corrected chi connectivity index (χ4v) is 2.76. The molecule has 0 bridgehead atoms. The molecule has 2 rings (SSSR count). The molecular weight excluding hydrogens is 262 g/mol. The third-order valence-electron chi connectivity index (χ3n) is 4.02. The number of benzene rings is 1. The Labute approximate surface area is 128 Å². The van der Waals surface area contributed by atoms with Crippen molar-refractivity contribution in [2.45, 2.75) is 32.2 Å². The van der Waals surface area contributed by atoms with Crippen molar-refractivity contribution in [2.75, 3.05) is 38.6 Å². The molecule has 1 aromatic carbocycles. The summed E-state index contributed by atoms with van der Waals surface area (Å²) in [6, 6.07) is 8.32. The third-order valence-corrected chi connectivity index (χ3v) is 4.02. The molecular formula is C17H27N3O. The molecule has 0 radical (unpaired) electrons. The van der Waals surface area contributed by atoms with Gasteiger partial charge >= 0.3 is 0 Å². The van der Waals surface area contributed by atoms with Gasteiger partial charge in [-0.05, 0) is 50.1 Å². The monoisotopic (exact) mass is 289 g/mol. The molecule has 1 aromatic rings. The summed E-state index contributed by atoms with van der Waals surface area (Å²) in [6.07, 6.45) is 3.39. The maximum absolute atomic E-state index is 12.6. The van der Waals surface area contributed by atoms with Gasteiger partial charge in [0, 0.05) is 44.5 Å². The number of carbonyl (C=O) groups is 1. The van der Waals surface area contributed by atoms with E-state index in [2.05, 4.69) is 12.2 Å². The molecule has 0 spiro atoms. The summed E-state index contributed by atoms with van der Waals surface area (Å²) in [5.74, 6) is 0.156. The number of carbonyl (C=O) groups excluding carboxylic acids is 1. The van der Waals surface area contributed by atoms with Crippen LogP contribution in [0.5, 0.6) is 0 Å². The van der Waals surface area contributed by atoms with Gasteiger partial charge in [0.25, 0.3) is 5.91 Å². The molecule has 1 heterocycles. The Bertz CT molecular complexity index is 456. The average Bonchev–Trinajstić information content (AvgIpc) is 2.52. The lowest BCUT2D eigenvalue weighted by Gasteiger charge is -2.33. The second-order valence-corrected chi connectivity index (χ2v) is 5.99. The highest BCUT2D eigenvalue weighted by atomic mass is 16.2. The predicted octanol–water partition coefficient (Wildman–Crippen LogP) is 2.36. The van der Waals surface area contributed by atoms with Gasteiger partial charge in [-0.2, -0.15) is 0 Å². The van der Waals surface area contributed by atoms with Crippen LogP contribution in [-0.4, -0.2) is 50.6 Å². The Morgan fingerprint density at radius 1 is 1.33 bits per heavy atom. The largest absolute Gasteiger partial charge is 0.378 e. The fourth-order valence-electron chi connectivity index (χ4n) is 2.76. The summed E-state index contributed by atoms with van der Waals surface area (Å²) < 4.78 is 0. The Kier molecular flexibility index (Phi) is 5.62. The van der Waals surface area contributed by atoms with Crippen molar-refractivity contribution in [1.82, 2.24) is 10.2 Å². The van der Waals surface area contributed by atoms with Crippen LogP contribution in [0.2, 0.25) is 0 Å². The van der Waals surface area contributed by atoms with Crippen LogP contribution in [0.1, 0.15) is 36.5 Å². The molecule has 116 valence electrons. The third kappa shape index (κ3) is 4.21. The molecule has 4 heteroatoms. The van der Waals surface area contributed by atoms with Gasteiger partial charge in [0.1, 0.15) is 0 Å². The topological polar surface area (TPSA) is 35.6 Å². The Hall–Kier alpha value is -1.55. The summed E-state index contributed by atoms with van der Waals surface area (Å²) in [5, 5.41) is 3.53. The number of hydrogen-bond acceptors (Lipinski definition) is 3. The normalized spacial score (nSPS) is 18.6. The lowest BCUT2D eigenvalue weighted by atomic mass is 10.0. The molecule has 1 saturated heterocycles. The van der Waals surface area contributed by atoms with Crippen molar-refractivity contribution in [3.63, 3.8) is 0 Å². The van der Waals surface area contributed by atoms with E-state index < -0.39 is 0 Å². The van der Waals surface area contributed by atoms with Gasteiger partial charge < -0.3 is 15.1 Å². The zero-order chi connectivity index (χ0) is 15.2. The van der Waals surface area contributed by atoms with Crippen molar-refractivity contribution < 1.29 is 4.79 Å². The molecule has 1 atom stereocenters. The Balaban J connectivity index is 1.98. The number of hydrogen-bond donors (Lipinski definition) is 1. The van der Waals surface area contributed by atoms with E-state index in [4.69, 9.17) is 0 Å². The molecule has 1 fully saturated rings. The first-order valence-electron chi connectivity index (χ1n) is 7.92. The van der Waals surface area contributed by atoms with Crippen LogP contribution in [0.15, 0.2) is 24.3 Å². The van der Waals surface area contributed by atoms with E-state index in [-0.39, 0.29) is 5.91 Å². The first-order chi connectivity index (χ1) is 10.1. The van der Waals surface area contributed by atoms with Gasteiger partial charge in [-0.3, -0.25) is 4.79 Å². The van der Waals surface area contributed by atoms with Crippen LogP contribution in [-0.2, 0) is 0 Å². The molecule has 0 saturated carbocycles. The van der Waals surface area contributed by atoms with Crippen molar-refractivity contribution in [1.29, 1.82) is 0 Å². The number of nitrogens with one attached hydrogen (secondary N) is 1. The molecule has 0 aliphatic carbocycles. The molecule has 21 heavy (non-hydrogen) atoms. The summed E-state index contributed by atoms with van der Waals surface area (Å²) in [5.41, 5.74) is 1.91. The highest BCUT2D eigenvalue weighted by Crippen LogP contribution is 2.17. The maximum atomic E-state index is 12.6. The van der Waals surface area contributed by atoms with Crippen LogP contribution in [0, 0.1) is 0 Å². The minimum Gasteiger partial charge on any atom is -0.378 e. The summed E-state index contributed by atoms with van der Waals surface area (Å²) in [4.78, 5) is 16.6. The minimum absolute atomic E-state index is 0.156. The predicted molar refractivity (Wildman–Crippen MR) is 88.0 cm³/mol. The van der Waals surface area contributed by atoms with Crippen LogP contribution in [0.3, 0.4) is 0 Å². The van der Waals surface area contributed by atoms with Crippen LogP contribution in [0.25, 0.3) is 0 Å². The van der Waals surface area contributed by atoms with Gasteiger partial charge in [-0.15, -0.1) is 0 Å². The van der Waals surface area contributed by atoms with E-state index in [1.807, 2.05) is 48.2 Å². The molecule has 1 amide bonds. The Morgan fingerprint density at radius 3 is 2.67 bits per heavy atom. The SMILES string of the molecule is CCCNC1CCCN(C(=O)c2ccc(N(C)C)cc2)C1. The molecule has 4 nitrogen and oxygen atoms in total. The van der Waals surface area contributed by atoms with E-state index in [1.54, 1.807) is 0 Å². The summed E-state index contributed by atoms with van der Waals surface area (Å²) in [7, 11) is 4.01. The van der Waals surface area contributed by atoms with E-state index in [9.17, 15) is 4.79 Å². The van der Waals surface area contributed by atoms with Gasteiger partial charge in [-0.25, -0.2) is 0 Å². The number of anilines is 1. The molecule has 1 aliphatic heterocycles. The van der Waals surface area contributed by atoms with E-state index in [1.165, 1.54) is 6.42 Å². The summed E-state index contributed by atoms with van der Waals surface area (Å²) in [6.45, 7) is 4.90. The van der Waals surface area contributed by atoms with Gasteiger partial charge in [0.05, 0.1) is 0 Å². The van der Waals surface area contributed by atoms with Crippen LogP contribution in [0.4, 0.5) is 5.69 Å². The fraction of sp³-hybridized carbons (Fsp3) is 0.588. The molecule has 0 aromatic heterocycles. The standard InChI is InChI=1S/C17H27N3O/c1-4-11-18-15-6-5-12-20(13-15)17(21)14-7-9-16(10-8-14)19(2)3/h7-10,15,18H,4-6,11-13H2,1-3H3. The van der Waals surface area contributed by atoms with E-state index in [0.29, 0.717) is 6.04 Å². The quantitative estimate of drug-likeness (QED) is 0.904. The maximum Gasteiger partial charge on any atom is 0.253 e. The zero-order valence-electron chi connectivity index (χ0n) is 13.4. The van der Waals surface area contributed by atoms with Gasteiger partial charge in [-0.1, -0.05) is 6.92 Å². The smallest absolute Gasteiger partial charge is 0.253 e. The van der Waals surface area contributed by atoms with Crippen LogP contribution >= 0.6 is 0 Å². The summed E-state index contributed by atoms with van der Waals surface area (Å²) >= 11 is 0. The number of amides is 1. The molecule has 1 unspecified atom stereocenters. The van der Waals surface area contributed by atoms with Crippen molar-refractivity contribution in [3.8, 4) is 0 Å². The van der Waals surface area contributed by atoms with Gasteiger partial charge in [0.2, 0.25) is 0 Å². The van der Waals surface area contributed by atoms with Crippen molar-refractivity contribution in [2.24, 2.45) is 0 Å². The first-order valence-corrected chi connectivity index (χ1v) is 7.92. The zero-order valence-corrected chi connectivity index (χ0v) is 13.4. The lowest BCUT2D eigenvalue weighted by Crippen LogP contribution is -2.48. The average molecular weight is 289 g/mol. The van der Waals surface area contributed by atoms with E-state index in [0.717, 1.165) is 43.7 Å². The van der Waals surface area contributed by atoms with Crippen LogP contribution < -0.4 is 10.2 Å². The van der Waals surface area contributed by atoms with Crippen molar-refractivity contribution in [3.05, 3.63) is 29.8 Å². The Morgan fingerprint density at radius 2 is 2.05 bits per heavy atom. The number of nitrogens with zero attached hydrogens (tertiary/aromatic N) is 2. The molecule has 1 aliphatic rings. The van der Waals surface area contributed by atoms with Crippen molar-refractivity contribution >= 4 is 11.6 Å². The first kappa shape index (κ1) is 15.8. The molecule has 1 N–H and O–H groups in total. The second-order valence-electron chi connectivity index (χ2n) is 5.99. The minimum atomic E-state index is 0.156. The van der Waals surface area contributed by atoms with Gasteiger partial charge in [0.15, 0.2) is 0 Å². The highest BCUT2D eigenvalue weighted by molar-refractivity contribution is 5.94. The highest BCUT2D eigenvalue weighted by Gasteiger charge is 2.23. The number of piperidine rings is 1. The lowest BCUT2D eigenvalue weighted by molar-refractivity contribution is 0.0695. The second kappa shape index (κ2) is 7.46. The number of likely N-dealkylation sites (tertiary alicyclic amines) is 1.